The number of anilines is 1. The molecule has 1 aromatic carbocycles. The number of piperidine rings is 1. The van der Waals surface area contributed by atoms with Gasteiger partial charge in [0.1, 0.15) is 5.54 Å². The first kappa shape index (κ1) is 12.9. The molecule has 1 aromatic rings. The van der Waals surface area contributed by atoms with Crippen LogP contribution in [-0.4, -0.2) is 29.7 Å². The third kappa shape index (κ3) is 2.34. The zero-order chi connectivity index (χ0) is 13.3. The molecule has 98 valence electrons. The van der Waals surface area contributed by atoms with Gasteiger partial charge in [-0.2, -0.15) is 0 Å². The number of nitrogens with two attached hydrogens (primary N) is 1. The first-order valence-electron chi connectivity index (χ1n) is 6.27. The molecule has 1 aliphatic heterocycles. The first-order valence-corrected chi connectivity index (χ1v) is 6.27. The summed E-state index contributed by atoms with van der Waals surface area (Å²) in [5.41, 5.74) is 8.37. The minimum absolute atomic E-state index is 0.380. The second kappa shape index (κ2) is 4.61. The molecule has 1 unspecified atom stereocenters. The fourth-order valence-electron chi connectivity index (χ4n) is 2.40. The summed E-state index contributed by atoms with van der Waals surface area (Å²) in [6.45, 7) is 5.38. The normalized spacial score (nSPS) is 24.1. The van der Waals surface area contributed by atoms with E-state index >= 15 is 0 Å². The lowest BCUT2D eigenvalue weighted by atomic mass is 9.90. The monoisotopic (exact) mass is 248 g/mol. The molecular weight excluding hydrogens is 228 g/mol. The Bertz CT molecular complexity index is 473. The molecule has 0 spiro atoms. The van der Waals surface area contributed by atoms with Crippen LogP contribution in [0.4, 0.5) is 5.69 Å². The number of carboxylic acid groups (broad SMARTS) is 1. The van der Waals surface area contributed by atoms with E-state index in [4.69, 9.17) is 5.73 Å². The van der Waals surface area contributed by atoms with Gasteiger partial charge in [0.25, 0.3) is 0 Å². The number of carboxylic acids is 1. The average Bonchev–Trinajstić information content (AvgIpc) is 2.32. The summed E-state index contributed by atoms with van der Waals surface area (Å²) in [7, 11) is 0. The van der Waals surface area contributed by atoms with Gasteiger partial charge in [-0.1, -0.05) is 6.07 Å². The molecule has 1 heterocycles. The van der Waals surface area contributed by atoms with Gasteiger partial charge in [0.2, 0.25) is 0 Å². The molecule has 1 fully saturated rings. The number of rotatable bonds is 2. The number of nitrogens with zero attached hydrogens (tertiary/aromatic N) is 1. The standard InChI is InChI=1S/C14H20N2O2/c1-10-4-5-12(8-11(10)2)16-7-3-6-14(15,9-16)13(17)18/h4-5,8H,3,6-7,9,15H2,1-2H3,(H,17,18). The van der Waals surface area contributed by atoms with Crippen LogP contribution in [-0.2, 0) is 4.79 Å². The molecule has 4 heteroatoms. The molecule has 0 saturated carbocycles. The Morgan fingerprint density at radius 3 is 2.72 bits per heavy atom. The summed E-state index contributed by atoms with van der Waals surface area (Å²) in [6, 6.07) is 6.21. The number of aryl methyl sites for hydroxylation is 2. The molecule has 0 aromatic heterocycles. The lowest BCUT2D eigenvalue weighted by molar-refractivity contribution is -0.143. The fourth-order valence-corrected chi connectivity index (χ4v) is 2.40. The fraction of sp³-hybridized carbons (Fsp3) is 0.500. The van der Waals surface area contributed by atoms with Crippen LogP contribution in [0, 0.1) is 13.8 Å². The van der Waals surface area contributed by atoms with Crippen molar-refractivity contribution in [2.24, 2.45) is 5.73 Å². The van der Waals surface area contributed by atoms with Crippen molar-refractivity contribution in [1.82, 2.24) is 0 Å². The van der Waals surface area contributed by atoms with Crippen molar-refractivity contribution in [3.63, 3.8) is 0 Å². The van der Waals surface area contributed by atoms with Crippen LogP contribution in [0.1, 0.15) is 24.0 Å². The van der Waals surface area contributed by atoms with E-state index in [0.29, 0.717) is 13.0 Å². The quantitative estimate of drug-likeness (QED) is 0.835. The smallest absolute Gasteiger partial charge is 0.325 e. The summed E-state index contributed by atoms with van der Waals surface area (Å²) in [6.07, 6.45) is 1.36. The van der Waals surface area contributed by atoms with E-state index in [1.807, 2.05) is 6.07 Å². The largest absolute Gasteiger partial charge is 0.480 e. The van der Waals surface area contributed by atoms with Crippen molar-refractivity contribution in [2.45, 2.75) is 32.2 Å². The number of benzene rings is 1. The van der Waals surface area contributed by atoms with Crippen LogP contribution < -0.4 is 10.6 Å². The highest BCUT2D eigenvalue weighted by Gasteiger charge is 2.38. The minimum atomic E-state index is -1.11. The third-order valence-corrected chi connectivity index (χ3v) is 3.81. The Balaban J connectivity index is 2.23. The summed E-state index contributed by atoms with van der Waals surface area (Å²) in [4.78, 5) is 13.3. The zero-order valence-corrected chi connectivity index (χ0v) is 10.9. The van der Waals surface area contributed by atoms with E-state index in [2.05, 4.69) is 30.9 Å². The molecule has 1 atom stereocenters. The van der Waals surface area contributed by atoms with Gasteiger partial charge in [0, 0.05) is 18.8 Å². The maximum atomic E-state index is 11.2. The zero-order valence-electron chi connectivity index (χ0n) is 10.9. The van der Waals surface area contributed by atoms with E-state index in [1.54, 1.807) is 0 Å². The second-order valence-electron chi connectivity index (χ2n) is 5.25. The minimum Gasteiger partial charge on any atom is -0.480 e. The van der Waals surface area contributed by atoms with E-state index in [1.165, 1.54) is 11.1 Å². The van der Waals surface area contributed by atoms with Gasteiger partial charge in [-0.05, 0) is 49.9 Å². The Morgan fingerprint density at radius 1 is 1.39 bits per heavy atom. The van der Waals surface area contributed by atoms with Crippen LogP contribution in [0.15, 0.2) is 18.2 Å². The molecule has 1 saturated heterocycles. The number of hydrogen-bond donors (Lipinski definition) is 2. The van der Waals surface area contributed by atoms with Crippen LogP contribution in [0.3, 0.4) is 0 Å². The van der Waals surface area contributed by atoms with Gasteiger partial charge in [-0.3, -0.25) is 4.79 Å². The van der Waals surface area contributed by atoms with Crippen molar-refractivity contribution in [3.05, 3.63) is 29.3 Å². The highest BCUT2D eigenvalue weighted by molar-refractivity contribution is 5.80. The van der Waals surface area contributed by atoms with Crippen molar-refractivity contribution in [1.29, 1.82) is 0 Å². The molecule has 1 aliphatic rings. The molecule has 4 nitrogen and oxygen atoms in total. The Labute approximate surface area is 107 Å². The van der Waals surface area contributed by atoms with Gasteiger partial charge >= 0.3 is 5.97 Å². The Hall–Kier alpha value is -1.55. The number of hydrogen-bond acceptors (Lipinski definition) is 3. The average molecular weight is 248 g/mol. The molecule has 2 rings (SSSR count). The molecular formula is C14H20N2O2. The van der Waals surface area contributed by atoms with Gasteiger partial charge in [0.15, 0.2) is 0 Å². The Morgan fingerprint density at radius 2 is 2.11 bits per heavy atom. The van der Waals surface area contributed by atoms with Gasteiger partial charge in [-0.25, -0.2) is 0 Å². The topological polar surface area (TPSA) is 66.6 Å². The van der Waals surface area contributed by atoms with Gasteiger partial charge in [0.05, 0.1) is 0 Å². The van der Waals surface area contributed by atoms with Crippen LogP contribution >= 0.6 is 0 Å². The summed E-state index contributed by atoms with van der Waals surface area (Å²) in [5, 5.41) is 9.21. The van der Waals surface area contributed by atoms with Crippen LogP contribution in [0.5, 0.6) is 0 Å². The Kier molecular flexibility index (Phi) is 3.30. The molecule has 18 heavy (non-hydrogen) atoms. The maximum Gasteiger partial charge on any atom is 0.325 e. The highest BCUT2D eigenvalue weighted by Crippen LogP contribution is 2.26. The summed E-state index contributed by atoms with van der Waals surface area (Å²) >= 11 is 0. The number of aliphatic carboxylic acids is 1. The van der Waals surface area contributed by atoms with Crippen molar-refractivity contribution in [3.8, 4) is 0 Å². The van der Waals surface area contributed by atoms with Crippen LogP contribution in [0.2, 0.25) is 0 Å². The van der Waals surface area contributed by atoms with E-state index in [9.17, 15) is 9.90 Å². The first-order chi connectivity index (χ1) is 8.42. The molecule has 0 radical (unpaired) electrons. The number of carbonyl (C=O) groups is 1. The van der Waals surface area contributed by atoms with Crippen molar-refractivity contribution < 1.29 is 9.90 Å². The van der Waals surface area contributed by atoms with E-state index in [-0.39, 0.29) is 0 Å². The van der Waals surface area contributed by atoms with E-state index in [0.717, 1.165) is 18.7 Å². The van der Waals surface area contributed by atoms with Gasteiger partial charge in [-0.15, -0.1) is 0 Å². The lowest BCUT2D eigenvalue weighted by Gasteiger charge is -2.38. The van der Waals surface area contributed by atoms with Crippen LogP contribution in [0.25, 0.3) is 0 Å². The SMILES string of the molecule is Cc1ccc(N2CCCC(N)(C(=O)O)C2)cc1C. The third-order valence-electron chi connectivity index (χ3n) is 3.81. The summed E-state index contributed by atoms with van der Waals surface area (Å²) in [5.74, 6) is -0.906. The highest BCUT2D eigenvalue weighted by atomic mass is 16.4. The molecule has 0 bridgehead atoms. The molecule has 0 aliphatic carbocycles. The second-order valence-corrected chi connectivity index (χ2v) is 5.25. The van der Waals surface area contributed by atoms with Crippen molar-refractivity contribution >= 4 is 11.7 Å². The lowest BCUT2D eigenvalue weighted by Crippen LogP contribution is -2.59. The molecule has 0 amide bonds. The summed E-state index contributed by atoms with van der Waals surface area (Å²) < 4.78 is 0. The predicted molar refractivity (Wildman–Crippen MR) is 71.9 cm³/mol. The van der Waals surface area contributed by atoms with E-state index < -0.39 is 11.5 Å². The van der Waals surface area contributed by atoms with Crippen molar-refractivity contribution in [2.75, 3.05) is 18.0 Å². The maximum absolute atomic E-state index is 11.2. The molecule has 3 N–H and O–H groups in total. The predicted octanol–water partition coefficient (Wildman–Crippen LogP) is 1.69. The van der Waals surface area contributed by atoms with Gasteiger partial charge < -0.3 is 15.7 Å².